The summed E-state index contributed by atoms with van der Waals surface area (Å²) in [6, 6.07) is -0.109. The molecule has 1 saturated heterocycles. The highest BCUT2D eigenvalue weighted by Gasteiger charge is 2.49. The van der Waals surface area contributed by atoms with E-state index in [9.17, 15) is 14.4 Å². The number of urea groups is 1. The van der Waals surface area contributed by atoms with E-state index in [-0.39, 0.29) is 42.8 Å². The summed E-state index contributed by atoms with van der Waals surface area (Å²) in [5, 5.41) is 5.87. The lowest BCUT2D eigenvalue weighted by molar-refractivity contribution is -0.135. The van der Waals surface area contributed by atoms with Gasteiger partial charge in [-0.2, -0.15) is 0 Å². The maximum absolute atomic E-state index is 12.6. The third-order valence-electron chi connectivity index (χ3n) is 6.46. The Hall–Kier alpha value is -1.34. The minimum absolute atomic E-state index is 0. The molecule has 3 rings (SSSR count). The third kappa shape index (κ3) is 3.69. The van der Waals surface area contributed by atoms with Gasteiger partial charge < -0.3 is 16.4 Å². The number of nitrogens with two attached hydrogens (primary N) is 1. The zero-order chi connectivity index (χ0) is 18.2. The number of halogens is 1. The molecule has 7 nitrogen and oxygen atoms in total. The van der Waals surface area contributed by atoms with Crippen LogP contribution < -0.4 is 16.4 Å². The summed E-state index contributed by atoms with van der Waals surface area (Å²) in [5.41, 5.74) is 5.27. The lowest BCUT2D eigenvalue weighted by Gasteiger charge is -2.45. The van der Waals surface area contributed by atoms with E-state index in [1.807, 2.05) is 13.8 Å². The van der Waals surface area contributed by atoms with Crippen molar-refractivity contribution in [1.29, 1.82) is 0 Å². The molecule has 0 radical (unpaired) electrons. The van der Waals surface area contributed by atoms with Gasteiger partial charge in [-0.1, -0.05) is 20.3 Å². The van der Waals surface area contributed by atoms with Crippen molar-refractivity contribution in [3.8, 4) is 0 Å². The van der Waals surface area contributed by atoms with Crippen molar-refractivity contribution in [1.82, 2.24) is 15.5 Å². The SMILES string of the molecule is CCC1(CC)NC(=O)N(CC(=O)NC2C3CCCC2CC(N)C3)C1=O.Cl. The third-order valence-corrected chi connectivity index (χ3v) is 6.46. The number of fused-ring (bicyclic) bond motifs is 2. The molecule has 0 aromatic rings. The van der Waals surface area contributed by atoms with Crippen LogP contribution in [0, 0.1) is 11.8 Å². The largest absolute Gasteiger partial charge is 0.351 e. The molecule has 26 heavy (non-hydrogen) atoms. The first kappa shape index (κ1) is 21.0. The van der Waals surface area contributed by atoms with E-state index in [0.29, 0.717) is 24.7 Å². The van der Waals surface area contributed by atoms with Crippen LogP contribution >= 0.6 is 12.4 Å². The molecule has 2 bridgehead atoms. The highest BCUT2D eigenvalue weighted by Crippen LogP contribution is 2.39. The Bertz CT molecular complexity index is 553. The first-order valence-electron chi connectivity index (χ1n) is 9.59. The van der Waals surface area contributed by atoms with Crippen molar-refractivity contribution in [3.63, 3.8) is 0 Å². The summed E-state index contributed by atoms with van der Waals surface area (Å²) in [4.78, 5) is 38.4. The number of amides is 4. The smallest absolute Gasteiger partial charge is 0.325 e. The van der Waals surface area contributed by atoms with Gasteiger partial charge in [0, 0.05) is 12.1 Å². The Balaban J connectivity index is 0.00000243. The first-order chi connectivity index (χ1) is 11.9. The van der Waals surface area contributed by atoms with Gasteiger partial charge in [0.1, 0.15) is 12.1 Å². The summed E-state index contributed by atoms with van der Waals surface area (Å²) in [6.07, 6.45) is 6.31. The highest BCUT2D eigenvalue weighted by atomic mass is 35.5. The number of hydrogen-bond donors (Lipinski definition) is 3. The van der Waals surface area contributed by atoms with Crippen molar-refractivity contribution in [2.75, 3.05) is 6.54 Å². The molecule has 3 fully saturated rings. The van der Waals surface area contributed by atoms with E-state index < -0.39 is 11.6 Å². The predicted molar refractivity (Wildman–Crippen MR) is 101 cm³/mol. The van der Waals surface area contributed by atoms with E-state index in [1.165, 1.54) is 6.42 Å². The van der Waals surface area contributed by atoms with E-state index in [2.05, 4.69) is 10.6 Å². The summed E-state index contributed by atoms with van der Waals surface area (Å²) in [7, 11) is 0. The molecular weight excluding hydrogens is 356 g/mol. The fourth-order valence-electron chi connectivity index (χ4n) is 4.95. The van der Waals surface area contributed by atoms with Gasteiger partial charge in [0.05, 0.1) is 0 Å². The normalized spacial score (nSPS) is 32.7. The summed E-state index contributed by atoms with van der Waals surface area (Å²) < 4.78 is 0. The van der Waals surface area contributed by atoms with E-state index in [1.54, 1.807) is 0 Å². The van der Waals surface area contributed by atoms with Crippen molar-refractivity contribution in [2.24, 2.45) is 17.6 Å². The second kappa shape index (κ2) is 8.13. The molecule has 1 heterocycles. The van der Waals surface area contributed by atoms with E-state index in [4.69, 9.17) is 5.73 Å². The standard InChI is InChI=1S/C18H30N4O3.ClH/c1-3-18(4-2)16(24)22(17(25)21-18)10-14(23)20-15-11-6-5-7-12(15)9-13(19)8-11;/h11-13,15H,3-10,19H2,1-2H3,(H,20,23)(H,21,25);1H. The number of rotatable bonds is 5. The molecule has 1 aliphatic heterocycles. The minimum atomic E-state index is -0.856. The number of hydrogen-bond acceptors (Lipinski definition) is 4. The molecule has 0 aromatic carbocycles. The lowest BCUT2D eigenvalue weighted by atomic mass is 9.67. The average Bonchev–Trinajstić information content (AvgIpc) is 2.80. The van der Waals surface area contributed by atoms with Crippen molar-refractivity contribution < 1.29 is 14.4 Å². The lowest BCUT2D eigenvalue weighted by Crippen LogP contribution is -2.55. The molecule has 2 atom stereocenters. The average molecular weight is 387 g/mol. The van der Waals surface area contributed by atoms with Crippen molar-refractivity contribution in [3.05, 3.63) is 0 Å². The number of carbonyl (C=O) groups excluding carboxylic acids is 3. The summed E-state index contributed by atoms with van der Waals surface area (Å²) in [5.74, 6) is 0.298. The summed E-state index contributed by atoms with van der Waals surface area (Å²) >= 11 is 0. The molecule has 2 aliphatic carbocycles. The van der Waals surface area contributed by atoms with Crippen LogP contribution in [0.5, 0.6) is 0 Å². The molecule has 2 saturated carbocycles. The quantitative estimate of drug-likeness (QED) is 0.623. The van der Waals surface area contributed by atoms with Crippen LogP contribution in [0.1, 0.15) is 58.8 Å². The van der Waals surface area contributed by atoms with Gasteiger partial charge in [-0.3, -0.25) is 14.5 Å². The van der Waals surface area contributed by atoms with Crippen molar-refractivity contribution in [2.45, 2.75) is 76.4 Å². The number of imide groups is 1. The molecular formula is C18H31ClN4O3. The Morgan fingerprint density at radius 1 is 1.23 bits per heavy atom. The van der Waals surface area contributed by atoms with Gasteiger partial charge in [0.25, 0.3) is 5.91 Å². The Kier molecular flexibility index (Phi) is 6.55. The van der Waals surface area contributed by atoms with Gasteiger partial charge in [-0.25, -0.2) is 4.79 Å². The molecule has 4 N–H and O–H groups in total. The zero-order valence-corrected chi connectivity index (χ0v) is 16.4. The summed E-state index contributed by atoms with van der Waals surface area (Å²) in [6.45, 7) is 3.55. The van der Waals surface area contributed by atoms with Crippen LogP contribution in [0.15, 0.2) is 0 Å². The first-order valence-corrected chi connectivity index (χ1v) is 9.59. The fraction of sp³-hybridized carbons (Fsp3) is 0.833. The second-order valence-corrected chi connectivity index (χ2v) is 7.89. The predicted octanol–water partition coefficient (Wildman–Crippen LogP) is 1.54. The zero-order valence-electron chi connectivity index (χ0n) is 15.6. The topological polar surface area (TPSA) is 105 Å². The van der Waals surface area contributed by atoms with Crippen LogP contribution in [0.2, 0.25) is 0 Å². The number of nitrogens with zero attached hydrogens (tertiary/aromatic N) is 1. The van der Waals surface area contributed by atoms with Gasteiger partial charge in [-0.05, 0) is 50.4 Å². The van der Waals surface area contributed by atoms with Crippen molar-refractivity contribution >= 4 is 30.3 Å². The second-order valence-electron chi connectivity index (χ2n) is 7.89. The fourth-order valence-corrected chi connectivity index (χ4v) is 4.95. The molecule has 2 unspecified atom stereocenters. The van der Waals surface area contributed by atoms with Gasteiger partial charge in [0.15, 0.2) is 0 Å². The molecule has 4 amide bonds. The van der Waals surface area contributed by atoms with Gasteiger partial charge in [-0.15, -0.1) is 12.4 Å². The van der Waals surface area contributed by atoms with E-state index >= 15 is 0 Å². The molecule has 8 heteroatoms. The molecule has 148 valence electrons. The van der Waals surface area contributed by atoms with Gasteiger partial charge >= 0.3 is 6.03 Å². The van der Waals surface area contributed by atoms with Crippen LogP contribution in [0.4, 0.5) is 4.79 Å². The Morgan fingerprint density at radius 3 is 2.31 bits per heavy atom. The molecule has 0 spiro atoms. The van der Waals surface area contributed by atoms with Crippen LogP contribution in [0.25, 0.3) is 0 Å². The molecule has 0 aromatic heterocycles. The van der Waals surface area contributed by atoms with Crippen LogP contribution in [-0.2, 0) is 9.59 Å². The van der Waals surface area contributed by atoms with Crippen LogP contribution in [0.3, 0.4) is 0 Å². The number of nitrogens with one attached hydrogen (secondary N) is 2. The Labute approximate surface area is 161 Å². The van der Waals surface area contributed by atoms with E-state index in [0.717, 1.165) is 30.6 Å². The maximum atomic E-state index is 12.6. The monoisotopic (exact) mass is 386 g/mol. The minimum Gasteiger partial charge on any atom is -0.351 e. The Morgan fingerprint density at radius 2 is 1.81 bits per heavy atom. The van der Waals surface area contributed by atoms with Gasteiger partial charge in [0.2, 0.25) is 5.91 Å². The highest BCUT2D eigenvalue weighted by molar-refractivity contribution is 6.09. The van der Waals surface area contributed by atoms with Crippen LogP contribution in [-0.4, -0.2) is 46.9 Å². The maximum Gasteiger partial charge on any atom is 0.325 e. The molecule has 3 aliphatic rings. The number of carbonyl (C=O) groups is 3.